The fourth-order valence-corrected chi connectivity index (χ4v) is 3.72. The Morgan fingerprint density at radius 3 is 2.43 bits per heavy atom. The number of nitrogens with one attached hydrogen (secondary N) is 1. The van der Waals surface area contributed by atoms with E-state index in [-0.39, 0.29) is 6.03 Å². The molecule has 5 nitrogen and oxygen atoms in total. The molecular formula is C16H29N3O2. The van der Waals surface area contributed by atoms with Gasteiger partial charge in [0, 0.05) is 45.4 Å². The topological polar surface area (TPSA) is 44.8 Å². The average molecular weight is 295 g/mol. The van der Waals surface area contributed by atoms with Gasteiger partial charge in [-0.15, -0.1) is 0 Å². The summed E-state index contributed by atoms with van der Waals surface area (Å²) >= 11 is 0. The molecule has 1 aliphatic carbocycles. The number of piperazine rings is 1. The molecule has 2 saturated heterocycles. The molecule has 2 aliphatic heterocycles. The molecule has 0 spiro atoms. The van der Waals surface area contributed by atoms with Crippen LogP contribution in [0.15, 0.2) is 0 Å². The number of carbonyl (C=O) groups excluding carboxylic acids is 1. The monoisotopic (exact) mass is 295 g/mol. The van der Waals surface area contributed by atoms with Crippen LogP contribution in [0.25, 0.3) is 0 Å². The summed E-state index contributed by atoms with van der Waals surface area (Å²) in [6.45, 7) is 5.64. The zero-order valence-corrected chi connectivity index (χ0v) is 13.1. The van der Waals surface area contributed by atoms with Crippen molar-refractivity contribution in [1.82, 2.24) is 15.1 Å². The smallest absolute Gasteiger partial charge is 0.317 e. The molecule has 0 bridgehead atoms. The van der Waals surface area contributed by atoms with E-state index in [1.54, 1.807) is 0 Å². The zero-order valence-electron chi connectivity index (χ0n) is 13.1. The van der Waals surface area contributed by atoms with Gasteiger partial charge in [-0.3, -0.25) is 4.90 Å². The largest absolute Gasteiger partial charge is 0.377 e. The minimum Gasteiger partial charge on any atom is -0.377 e. The van der Waals surface area contributed by atoms with Crippen molar-refractivity contribution < 1.29 is 9.53 Å². The van der Waals surface area contributed by atoms with Gasteiger partial charge in [0.05, 0.1) is 6.10 Å². The van der Waals surface area contributed by atoms with Crippen molar-refractivity contribution in [2.75, 3.05) is 39.3 Å². The summed E-state index contributed by atoms with van der Waals surface area (Å²) in [7, 11) is 0. The van der Waals surface area contributed by atoms with Gasteiger partial charge in [0.25, 0.3) is 0 Å². The summed E-state index contributed by atoms with van der Waals surface area (Å²) in [5.74, 6) is 0. The van der Waals surface area contributed by atoms with Crippen LogP contribution in [-0.4, -0.2) is 67.3 Å². The molecule has 3 rings (SSSR count). The highest BCUT2D eigenvalue weighted by atomic mass is 16.5. The van der Waals surface area contributed by atoms with Gasteiger partial charge in [0.1, 0.15) is 0 Å². The lowest BCUT2D eigenvalue weighted by molar-refractivity contribution is 0.0557. The molecule has 2 amide bonds. The maximum atomic E-state index is 12.3. The van der Waals surface area contributed by atoms with Crippen LogP contribution in [0.3, 0.4) is 0 Å². The van der Waals surface area contributed by atoms with E-state index in [0.717, 1.165) is 52.2 Å². The first-order valence-corrected chi connectivity index (χ1v) is 8.70. The second-order valence-electron chi connectivity index (χ2n) is 6.71. The van der Waals surface area contributed by atoms with Gasteiger partial charge in [-0.2, -0.15) is 0 Å². The Hall–Kier alpha value is -0.810. The Bertz CT molecular complexity index is 330. The van der Waals surface area contributed by atoms with Crippen molar-refractivity contribution in [3.05, 3.63) is 0 Å². The van der Waals surface area contributed by atoms with Crippen molar-refractivity contribution in [1.29, 1.82) is 0 Å². The molecule has 5 heteroatoms. The predicted octanol–water partition coefficient (Wildman–Crippen LogP) is 1.83. The van der Waals surface area contributed by atoms with Gasteiger partial charge < -0.3 is 15.0 Å². The molecule has 0 radical (unpaired) electrons. The summed E-state index contributed by atoms with van der Waals surface area (Å²) in [5, 5.41) is 3.22. The second kappa shape index (κ2) is 7.45. The number of ether oxygens (including phenoxy) is 1. The summed E-state index contributed by atoms with van der Waals surface area (Å²) in [6, 6.07) is 0.565. The number of amides is 2. The highest BCUT2D eigenvalue weighted by Gasteiger charge is 2.26. The minimum atomic E-state index is 0.152. The van der Waals surface area contributed by atoms with Gasteiger partial charge in [0.2, 0.25) is 0 Å². The van der Waals surface area contributed by atoms with Crippen molar-refractivity contribution in [3.63, 3.8) is 0 Å². The molecule has 3 aliphatic rings. The molecule has 1 atom stereocenters. The van der Waals surface area contributed by atoms with Crippen molar-refractivity contribution in [2.45, 2.75) is 57.1 Å². The highest BCUT2D eigenvalue weighted by molar-refractivity contribution is 5.74. The number of hydrogen-bond donors (Lipinski definition) is 1. The molecule has 3 fully saturated rings. The number of carbonyl (C=O) groups is 1. The molecule has 0 aromatic heterocycles. The van der Waals surface area contributed by atoms with Crippen LogP contribution >= 0.6 is 0 Å². The van der Waals surface area contributed by atoms with E-state index in [0.29, 0.717) is 12.1 Å². The summed E-state index contributed by atoms with van der Waals surface area (Å²) in [6.07, 6.45) is 8.99. The van der Waals surface area contributed by atoms with Gasteiger partial charge in [-0.1, -0.05) is 19.3 Å². The van der Waals surface area contributed by atoms with Crippen LogP contribution in [0.4, 0.5) is 4.79 Å². The average Bonchev–Trinajstić information content (AvgIpc) is 3.02. The first-order valence-electron chi connectivity index (χ1n) is 8.70. The maximum Gasteiger partial charge on any atom is 0.317 e. The van der Waals surface area contributed by atoms with Gasteiger partial charge >= 0.3 is 6.03 Å². The number of urea groups is 1. The zero-order chi connectivity index (χ0) is 14.5. The third-order valence-corrected chi connectivity index (χ3v) is 5.08. The SMILES string of the molecule is O=C(NC1CCCCC1)N1CCN(CC2CCCO2)CC1. The lowest BCUT2D eigenvalue weighted by Gasteiger charge is -2.36. The number of nitrogens with zero attached hydrogens (tertiary/aromatic N) is 2. The van der Waals surface area contributed by atoms with Crippen LogP contribution in [0.1, 0.15) is 44.9 Å². The first-order chi connectivity index (χ1) is 10.3. The molecule has 21 heavy (non-hydrogen) atoms. The molecule has 1 N–H and O–H groups in total. The van der Waals surface area contributed by atoms with E-state index < -0.39 is 0 Å². The van der Waals surface area contributed by atoms with E-state index in [1.165, 1.54) is 32.1 Å². The van der Waals surface area contributed by atoms with Gasteiger partial charge in [-0.05, 0) is 25.7 Å². The van der Waals surface area contributed by atoms with E-state index in [1.807, 2.05) is 4.90 Å². The Morgan fingerprint density at radius 2 is 1.76 bits per heavy atom. The summed E-state index contributed by atoms with van der Waals surface area (Å²) < 4.78 is 5.70. The standard InChI is InChI=1S/C16H29N3O2/c20-16(17-14-5-2-1-3-6-14)19-10-8-18(9-11-19)13-15-7-4-12-21-15/h14-15H,1-13H2,(H,17,20). The first kappa shape index (κ1) is 15.1. The molecule has 0 aromatic carbocycles. The number of rotatable bonds is 3. The molecule has 0 aromatic rings. The fraction of sp³-hybridized carbons (Fsp3) is 0.938. The van der Waals surface area contributed by atoms with Crippen molar-refractivity contribution in [3.8, 4) is 0 Å². The fourth-order valence-electron chi connectivity index (χ4n) is 3.72. The lowest BCUT2D eigenvalue weighted by Crippen LogP contribution is -2.54. The minimum absolute atomic E-state index is 0.152. The third kappa shape index (κ3) is 4.33. The predicted molar refractivity (Wildman–Crippen MR) is 82.4 cm³/mol. The molecule has 1 saturated carbocycles. The normalized spacial score (nSPS) is 28.8. The number of hydrogen-bond acceptors (Lipinski definition) is 3. The lowest BCUT2D eigenvalue weighted by atomic mass is 9.96. The highest BCUT2D eigenvalue weighted by Crippen LogP contribution is 2.18. The van der Waals surface area contributed by atoms with Crippen LogP contribution in [0.5, 0.6) is 0 Å². The van der Waals surface area contributed by atoms with Crippen LogP contribution < -0.4 is 5.32 Å². The molecule has 120 valence electrons. The maximum absolute atomic E-state index is 12.3. The van der Waals surface area contributed by atoms with E-state index in [4.69, 9.17) is 4.74 Å². The van der Waals surface area contributed by atoms with Gasteiger partial charge in [0.15, 0.2) is 0 Å². The quantitative estimate of drug-likeness (QED) is 0.864. The molecular weight excluding hydrogens is 266 g/mol. The van der Waals surface area contributed by atoms with E-state index in [2.05, 4.69) is 10.2 Å². The Balaban J connectivity index is 1.37. The molecule has 1 unspecified atom stereocenters. The summed E-state index contributed by atoms with van der Waals surface area (Å²) in [4.78, 5) is 16.7. The van der Waals surface area contributed by atoms with Gasteiger partial charge in [-0.25, -0.2) is 4.79 Å². The third-order valence-electron chi connectivity index (χ3n) is 5.08. The second-order valence-corrected chi connectivity index (χ2v) is 6.71. The van der Waals surface area contributed by atoms with Crippen molar-refractivity contribution >= 4 is 6.03 Å². The van der Waals surface area contributed by atoms with Crippen LogP contribution in [0, 0.1) is 0 Å². The Morgan fingerprint density at radius 1 is 1.00 bits per heavy atom. The van der Waals surface area contributed by atoms with E-state index in [9.17, 15) is 4.79 Å². The summed E-state index contributed by atoms with van der Waals surface area (Å²) in [5.41, 5.74) is 0. The molecule has 2 heterocycles. The van der Waals surface area contributed by atoms with Crippen LogP contribution in [0.2, 0.25) is 0 Å². The van der Waals surface area contributed by atoms with Crippen molar-refractivity contribution in [2.24, 2.45) is 0 Å². The Labute approximate surface area is 128 Å². The van der Waals surface area contributed by atoms with E-state index >= 15 is 0 Å². The van der Waals surface area contributed by atoms with Crippen LogP contribution in [-0.2, 0) is 4.74 Å². The Kier molecular flexibility index (Phi) is 5.36.